The fourth-order valence-corrected chi connectivity index (χ4v) is 8.61. The second kappa shape index (κ2) is 12.9. The monoisotopic (exact) mass is 372 g/mol. The fraction of sp³-hybridized carbons (Fsp3) is 1.00. The fourth-order valence-electron chi connectivity index (χ4n) is 1.74. The molecule has 0 aliphatic rings. The van der Waals surface area contributed by atoms with Gasteiger partial charge in [-0.15, -0.1) is 0 Å². The molecule has 1 heteroatoms. The van der Waals surface area contributed by atoms with Crippen LogP contribution in [0.2, 0.25) is 7.86 Å². The van der Waals surface area contributed by atoms with E-state index in [1.165, 1.54) is 38.5 Å². The summed E-state index contributed by atoms with van der Waals surface area (Å²) >= 11 is -0.319. The van der Waals surface area contributed by atoms with Crippen molar-refractivity contribution < 1.29 is 24.6 Å². The molecular weight excluding hydrogens is 345 g/mol. The molecule has 0 N–H and O–H groups in total. The van der Waals surface area contributed by atoms with Gasteiger partial charge in [-0.05, 0) is 0 Å². The maximum absolute atomic E-state index is 2.30. The molecule has 0 unspecified atom stereocenters. The molecule has 0 bridgehead atoms. The van der Waals surface area contributed by atoms with Crippen LogP contribution in [0.4, 0.5) is 0 Å². The Morgan fingerprint density at radius 3 is 1.46 bits per heavy atom. The first-order valence-electron chi connectivity index (χ1n) is 6.41. The number of rotatable bonds is 10. The molecule has 0 saturated carbocycles. The van der Waals surface area contributed by atoms with Crippen LogP contribution in [0.15, 0.2) is 0 Å². The summed E-state index contributed by atoms with van der Waals surface area (Å²) in [5.74, 6) is 0. The van der Waals surface area contributed by atoms with Crippen LogP contribution >= 0.6 is 0 Å². The molecule has 0 aliphatic carbocycles. The molecule has 0 aromatic carbocycles. The van der Waals surface area contributed by atoms with E-state index in [-0.39, 0.29) is 24.6 Å². The van der Waals surface area contributed by atoms with Crippen molar-refractivity contribution in [1.82, 2.24) is 0 Å². The van der Waals surface area contributed by atoms with E-state index in [0.29, 0.717) is 0 Å². The first-order chi connectivity index (χ1) is 6.41. The van der Waals surface area contributed by atoms with E-state index in [0.717, 1.165) is 0 Å². The summed E-state index contributed by atoms with van der Waals surface area (Å²) in [7, 11) is 0. The van der Waals surface area contributed by atoms with E-state index in [1.807, 2.05) is 0 Å². The van der Waals surface area contributed by atoms with Crippen LogP contribution < -0.4 is 0 Å². The van der Waals surface area contributed by atoms with Crippen LogP contribution in [0.3, 0.4) is 0 Å². The van der Waals surface area contributed by atoms with Gasteiger partial charge in [-0.25, -0.2) is 0 Å². The van der Waals surface area contributed by atoms with Crippen molar-refractivity contribution in [3.05, 3.63) is 0 Å². The summed E-state index contributed by atoms with van der Waals surface area (Å²) < 4.78 is 3.40. The third-order valence-electron chi connectivity index (χ3n) is 2.71. The molecule has 0 fully saturated rings. The minimum absolute atomic E-state index is 0.319. The Kier molecular flexibility index (Phi) is 13.9. The average Bonchev–Trinajstić information content (AvgIpc) is 2.16. The molecule has 0 aromatic rings. The van der Waals surface area contributed by atoms with Crippen LogP contribution in [0.1, 0.15) is 65.2 Å². The van der Waals surface area contributed by atoms with Crippen molar-refractivity contribution in [1.29, 1.82) is 0 Å². The zero-order chi connectivity index (χ0) is 9.78. The number of hydrogen-bond acceptors (Lipinski definition) is 0. The van der Waals surface area contributed by atoms with E-state index in [2.05, 4.69) is 13.8 Å². The molecular formula is C12H26Hg. The number of unbranched alkanes of at least 4 members (excludes halogenated alkanes) is 6. The van der Waals surface area contributed by atoms with E-state index < -0.39 is 0 Å². The van der Waals surface area contributed by atoms with Gasteiger partial charge in [-0.3, -0.25) is 0 Å². The van der Waals surface area contributed by atoms with Gasteiger partial charge < -0.3 is 0 Å². The molecule has 13 heavy (non-hydrogen) atoms. The molecule has 0 rings (SSSR count). The molecule has 0 nitrogen and oxygen atoms in total. The van der Waals surface area contributed by atoms with Crippen molar-refractivity contribution in [2.45, 2.75) is 73.1 Å². The normalized spacial score (nSPS) is 10.0. The predicted molar refractivity (Wildman–Crippen MR) is 57.9 cm³/mol. The second-order valence-electron chi connectivity index (χ2n) is 4.18. The third kappa shape index (κ3) is 12.9. The Bertz CT molecular complexity index is 71.2. The van der Waals surface area contributed by atoms with Gasteiger partial charge in [0.15, 0.2) is 0 Å². The van der Waals surface area contributed by atoms with Crippen molar-refractivity contribution in [2.75, 3.05) is 0 Å². The summed E-state index contributed by atoms with van der Waals surface area (Å²) in [4.78, 5) is 0. The van der Waals surface area contributed by atoms with Crippen LogP contribution in [0.25, 0.3) is 0 Å². The van der Waals surface area contributed by atoms with Gasteiger partial charge in [-0.2, -0.15) is 0 Å². The minimum atomic E-state index is -0.319. The zero-order valence-corrected chi connectivity index (χ0v) is 15.3. The Hall–Kier alpha value is 0.935. The van der Waals surface area contributed by atoms with Gasteiger partial charge in [-0.1, -0.05) is 0 Å². The zero-order valence-electron chi connectivity index (χ0n) is 9.78. The van der Waals surface area contributed by atoms with Crippen LogP contribution in [0.5, 0.6) is 0 Å². The van der Waals surface area contributed by atoms with Crippen molar-refractivity contribution in [2.24, 2.45) is 0 Å². The van der Waals surface area contributed by atoms with Crippen molar-refractivity contribution in [3.8, 4) is 0 Å². The van der Waals surface area contributed by atoms with Gasteiger partial charge in [0.25, 0.3) is 0 Å². The quantitative estimate of drug-likeness (QED) is 0.372. The van der Waals surface area contributed by atoms with Crippen LogP contribution in [-0.2, 0) is 24.6 Å². The Balaban J connectivity index is 2.76. The van der Waals surface area contributed by atoms with E-state index >= 15 is 0 Å². The molecule has 0 atom stereocenters. The molecule has 0 spiro atoms. The van der Waals surface area contributed by atoms with E-state index in [4.69, 9.17) is 0 Å². The third-order valence-corrected chi connectivity index (χ3v) is 10.5. The Morgan fingerprint density at radius 1 is 0.615 bits per heavy atom. The number of hydrogen-bond donors (Lipinski definition) is 0. The molecule has 76 valence electrons. The maximum atomic E-state index is 2.30. The first-order valence-corrected chi connectivity index (χ1v) is 14.2. The van der Waals surface area contributed by atoms with Crippen LogP contribution in [-0.4, -0.2) is 0 Å². The van der Waals surface area contributed by atoms with Gasteiger partial charge in [0.2, 0.25) is 0 Å². The average molecular weight is 371 g/mol. The van der Waals surface area contributed by atoms with Gasteiger partial charge in [0.1, 0.15) is 0 Å². The SMILES string of the molecule is CCCCC[CH2][Hg][CH2]CCCCC. The van der Waals surface area contributed by atoms with Gasteiger partial charge in [0.05, 0.1) is 0 Å². The molecule has 0 heterocycles. The standard InChI is InChI=1S/2C6H13.Hg/c2*1-3-5-6-4-2;/h2*1,3-6H2,2H3;. The van der Waals surface area contributed by atoms with Gasteiger partial charge in [0, 0.05) is 0 Å². The Labute approximate surface area is 97.3 Å². The summed E-state index contributed by atoms with van der Waals surface area (Å²) in [5, 5.41) is 0. The van der Waals surface area contributed by atoms with E-state index in [1.54, 1.807) is 20.7 Å². The molecule has 0 aliphatic heterocycles. The second-order valence-corrected chi connectivity index (χ2v) is 12.4. The molecule has 0 aromatic heterocycles. The topological polar surface area (TPSA) is 0 Å². The summed E-state index contributed by atoms with van der Waals surface area (Å²) in [6.45, 7) is 4.60. The first kappa shape index (κ1) is 13.9. The van der Waals surface area contributed by atoms with Crippen LogP contribution in [0, 0.1) is 0 Å². The van der Waals surface area contributed by atoms with Crippen molar-refractivity contribution >= 4 is 0 Å². The predicted octanol–water partition coefficient (Wildman–Crippen LogP) is 5.07. The molecule has 0 radical (unpaired) electrons. The van der Waals surface area contributed by atoms with E-state index in [9.17, 15) is 0 Å². The summed E-state index contributed by atoms with van der Waals surface area (Å²) in [5.41, 5.74) is 0. The Morgan fingerprint density at radius 2 is 1.08 bits per heavy atom. The van der Waals surface area contributed by atoms with Crippen molar-refractivity contribution in [3.63, 3.8) is 0 Å². The molecule has 0 amide bonds. The summed E-state index contributed by atoms with van der Waals surface area (Å²) in [6, 6.07) is 0. The molecule has 0 saturated heterocycles. The van der Waals surface area contributed by atoms with Gasteiger partial charge >= 0.3 is 97.6 Å². The summed E-state index contributed by atoms with van der Waals surface area (Å²) in [6.07, 6.45) is 11.9.